The molecule has 0 N–H and O–H groups in total. The molecule has 0 radical (unpaired) electrons. The van der Waals surface area contributed by atoms with E-state index in [1.54, 1.807) is 18.2 Å². The quantitative estimate of drug-likeness (QED) is 0.625. The molecule has 4 nitrogen and oxygen atoms in total. The van der Waals surface area contributed by atoms with Crippen LogP contribution in [0.5, 0.6) is 5.75 Å². The Morgan fingerprint density at radius 2 is 2.00 bits per heavy atom. The van der Waals surface area contributed by atoms with Gasteiger partial charge < -0.3 is 4.74 Å². The number of ether oxygens (including phenoxy) is 1. The number of nitro benzene ring substituents is 1. The summed E-state index contributed by atoms with van der Waals surface area (Å²) in [5.41, 5.74) is 1.63. The van der Waals surface area contributed by atoms with Gasteiger partial charge in [0.1, 0.15) is 12.4 Å². The van der Waals surface area contributed by atoms with Crippen LogP contribution in [0.2, 0.25) is 0 Å². The van der Waals surface area contributed by atoms with E-state index in [1.807, 2.05) is 25.1 Å². The van der Waals surface area contributed by atoms with Crippen LogP contribution in [0.25, 0.3) is 0 Å². The standard InChI is InChI=1S/C14H12BrNO3/c1-10-6-7-12(15)8-14(10)19-9-11-4-2-3-5-13(11)16(17)18/h2-8H,9H2,1H3. The maximum atomic E-state index is 10.9. The van der Waals surface area contributed by atoms with Crippen molar-refractivity contribution in [1.29, 1.82) is 0 Å². The van der Waals surface area contributed by atoms with Gasteiger partial charge in [-0.15, -0.1) is 0 Å². The summed E-state index contributed by atoms with van der Waals surface area (Å²) in [6, 6.07) is 12.3. The maximum absolute atomic E-state index is 10.9. The van der Waals surface area contributed by atoms with Gasteiger partial charge in [-0.3, -0.25) is 10.1 Å². The third-order valence-electron chi connectivity index (χ3n) is 2.72. The fourth-order valence-corrected chi connectivity index (χ4v) is 2.04. The Hall–Kier alpha value is -1.88. The first kappa shape index (κ1) is 13.5. The molecule has 98 valence electrons. The Balaban J connectivity index is 2.19. The number of hydrogen-bond acceptors (Lipinski definition) is 3. The Labute approximate surface area is 119 Å². The summed E-state index contributed by atoms with van der Waals surface area (Å²) in [7, 11) is 0. The predicted octanol–water partition coefficient (Wildman–Crippen LogP) is 4.24. The number of nitrogens with zero attached hydrogens (tertiary/aromatic N) is 1. The highest BCUT2D eigenvalue weighted by atomic mass is 79.9. The zero-order valence-electron chi connectivity index (χ0n) is 10.3. The lowest BCUT2D eigenvalue weighted by Gasteiger charge is -2.09. The van der Waals surface area contributed by atoms with Gasteiger partial charge in [0.05, 0.1) is 10.5 Å². The van der Waals surface area contributed by atoms with Gasteiger partial charge in [0, 0.05) is 10.5 Å². The molecule has 0 saturated heterocycles. The van der Waals surface area contributed by atoms with Crippen LogP contribution in [0.15, 0.2) is 46.9 Å². The summed E-state index contributed by atoms with van der Waals surface area (Å²) in [6.07, 6.45) is 0. The molecule has 0 aliphatic carbocycles. The molecule has 0 heterocycles. The Morgan fingerprint density at radius 3 is 2.74 bits per heavy atom. The molecule has 0 aliphatic rings. The molecule has 0 aromatic heterocycles. The van der Waals surface area contributed by atoms with Crippen molar-refractivity contribution in [2.24, 2.45) is 0 Å². The average molecular weight is 322 g/mol. The SMILES string of the molecule is Cc1ccc(Br)cc1OCc1ccccc1[N+](=O)[O-]. The normalized spacial score (nSPS) is 10.2. The molecule has 0 fully saturated rings. The number of benzene rings is 2. The minimum Gasteiger partial charge on any atom is -0.488 e. The first-order chi connectivity index (χ1) is 9.08. The second-order valence-corrected chi connectivity index (χ2v) is 5.00. The minimum absolute atomic E-state index is 0.0788. The van der Waals surface area contributed by atoms with Crippen LogP contribution in [0.3, 0.4) is 0 Å². The molecule has 2 aromatic carbocycles. The summed E-state index contributed by atoms with van der Waals surface area (Å²) in [6.45, 7) is 2.11. The topological polar surface area (TPSA) is 52.4 Å². The number of halogens is 1. The van der Waals surface area contributed by atoms with Gasteiger partial charge in [0.25, 0.3) is 5.69 Å². The molecule has 0 amide bonds. The first-order valence-corrected chi connectivity index (χ1v) is 6.48. The molecule has 0 atom stereocenters. The highest BCUT2D eigenvalue weighted by Gasteiger charge is 2.13. The maximum Gasteiger partial charge on any atom is 0.276 e. The fourth-order valence-electron chi connectivity index (χ4n) is 1.70. The third-order valence-corrected chi connectivity index (χ3v) is 3.21. The van der Waals surface area contributed by atoms with E-state index in [2.05, 4.69) is 15.9 Å². The van der Waals surface area contributed by atoms with Gasteiger partial charge in [0.2, 0.25) is 0 Å². The van der Waals surface area contributed by atoms with E-state index < -0.39 is 4.92 Å². The number of nitro groups is 1. The van der Waals surface area contributed by atoms with Crippen molar-refractivity contribution < 1.29 is 9.66 Å². The van der Waals surface area contributed by atoms with Crippen molar-refractivity contribution in [2.45, 2.75) is 13.5 Å². The van der Waals surface area contributed by atoms with Crippen LogP contribution in [-0.2, 0) is 6.61 Å². The lowest BCUT2D eigenvalue weighted by Crippen LogP contribution is -2.01. The smallest absolute Gasteiger partial charge is 0.276 e. The van der Waals surface area contributed by atoms with Crippen molar-refractivity contribution in [2.75, 3.05) is 0 Å². The lowest BCUT2D eigenvalue weighted by molar-refractivity contribution is -0.385. The van der Waals surface area contributed by atoms with E-state index in [0.29, 0.717) is 11.3 Å². The molecule has 0 spiro atoms. The molecule has 5 heteroatoms. The van der Waals surface area contributed by atoms with E-state index in [-0.39, 0.29) is 12.3 Å². The predicted molar refractivity (Wildman–Crippen MR) is 76.3 cm³/mol. The summed E-state index contributed by atoms with van der Waals surface area (Å²) >= 11 is 3.37. The second-order valence-electron chi connectivity index (χ2n) is 4.08. The number of aryl methyl sites for hydroxylation is 1. The van der Waals surface area contributed by atoms with Crippen molar-refractivity contribution in [3.05, 3.63) is 68.2 Å². The van der Waals surface area contributed by atoms with Crippen LogP contribution in [0.1, 0.15) is 11.1 Å². The Morgan fingerprint density at radius 1 is 1.26 bits per heavy atom. The van der Waals surface area contributed by atoms with Crippen LogP contribution in [-0.4, -0.2) is 4.92 Å². The molecule has 19 heavy (non-hydrogen) atoms. The van der Waals surface area contributed by atoms with Gasteiger partial charge in [-0.25, -0.2) is 0 Å². The monoisotopic (exact) mass is 321 g/mol. The van der Waals surface area contributed by atoms with E-state index in [1.165, 1.54) is 6.07 Å². The van der Waals surface area contributed by atoms with Crippen LogP contribution in [0, 0.1) is 17.0 Å². The lowest BCUT2D eigenvalue weighted by atomic mass is 10.2. The highest BCUT2D eigenvalue weighted by molar-refractivity contribution is 9.10. The molecule has 0 saturated carbocycles. The second kappa shape index (κ2) is 5.84. The van der Waals surface area contributed by atoms with E-state index in [4.69, 9.17) is 4.74 Å². The van der Waals surface area contributed by atoms with Crippen LogP contribution in [0.4, 0.5) is 5.69 Å². The molecule has 2 rings (SSSR count). The van der Waals surface area contributed by atoms with Crippen molar-refractivity contribution in [1.82, 2.24) is 0 Å². The Bertz CT molecular complexity index is 613. The fraction of sp³-hybridized carbons (Fsp3) is 0.143. The van der Waals surface area contributed by atoms with E-state index in [0.717, 1.165) is 10.0 Å². The largest absolute Gasteiger partial charge is 0.488 e. The molecular weight excluding hydrogens is 310 g/mol. The van der Waals surface area contributed by atoms with Crippen molar-refractivity contribution in [3.8, 4) is 5.75 Å². The van der Waals surface area contributed by atoms with Gasteiger partial charge in [0.15, 0.2) is 0 Å². The van der Waals surface area contributed by atoms with Crippen molar-refractivity contribution in [3.63, 3.8) is 0 Å². The first-order valence-electron chi connectivity index (χ1n) is 5.69. The zero-order valence-corrected chi connectivity index (χ0v) is 11.9. The molecular formula is C14H12BrNO3. The summed E-state index contributed by atoms with van der Waals surface area (Å²) in [5.74, 6) is 0.715. The average Bonchev–Trinajstić information content (AvgIpc) is 2.40. The number of para-hydroxylation sites is 1. The zero-order chi connectivity index (χ0) is 13.8. The van der Waals surface area contributed by atoms with Gasteiger partial charge >= 0.3 is 0 Å². The molecule has 0 bridgehead atoms. The van der Waals surface area contributed by atoms with Gasteiger partial charge in [-0.05, 0) is 30.7 Å². The molecule has 2 aromatic rings. The number of hydrogen-bond donors (Lipinski definition) is 0. The van der Waals surface area contributed by atoms with Gasteiger partial charge in [-0.2, -0.15) is 0 Å². The third kappa shape index (κ3) is 3.32. The number of rotatable bonds is 4. The molecule has 0 aliphatic heterocycles. The highest BCUT2D eigenvalue weighted by Crippen LogP contribution is 2.25. The summed E-state index contributed by atoms with van der Waals surface area (Å²) in [5, 5.41) is 10.9. The minimum atomic E-state index is -0.396. The van der Waals surface area contributed by atoms with E-state index >= 15 is 0 Å². The van der Waals surface area contributed by atoms with Gasteiger partial charge in [-0.1, -0.05) is 34.1 Å². The van der Waals surface area contributed by atoms with Crippen LogP contribution >= 0.6 is 15.9 Å². The van der Waals surface area contributed by atoms with Crippen LogP contribution < -0.4 is 4.74 Å². The Kier molecular flexibility index (Phi) is 4.16. The van der Waals surface area contributed by atoms with Crippen molar-refractivity contribution >= 4 is 21.6 Å². The molecule has 0 unspecified atom stereocenters. The van der Waals surface area contributed by atoms with E-state index in [9.17, 15) is 10.1 Å². The summed E-state index contributed by atoms with van der Waals surface area (Å²) in [4.78, 5) is 10.5. The summed E-state index contributed by atoms with van der Waals surface area (Å²) < 4.78 is 6.57.